The second kappa shape index (κ2) is 7.87. The average molecular weight is 356 g/mol. The first kappa shape index (κ1) is 17.7. The number of nitro groups is 1. The van der Waals surface area contributed by atoms with Crippen LogP contribution in [0.15, 0.2) is 35.4 Å². The number of benzene rings is 1. The van der Waals surface area contributed by atoms with Gasteiger partial charge in [-0.25, -0.2) is 9.97 Å². The molecule has 1 N–H and O–H groups in total. The Bertz CT molecular complexity index is 833. The number of hydrazone groups is 1. The van der Waals surface area contributed by atoms with E-state index in [1.165, 1.54) is 12.1 Å². The molecule has 1 aromatic heterocycles. The van der Waals surface area contributed by atoms with Crippen LogP contribution in [0.25, 0.3) is 0 Å². The van der Waals surface area contributed by atoms with Crippen molar-refractivity contribution >= 4 is 23.0 Å². The Morgan fingerprint density at radius 2 is 2.08 bits per heavy atom. The Kier molecular flexibility index (Phi) is 5.37. The molecule has 1 aliphatic heterocycles. The fourth-order valence-corrected chi connectivity index (χ4v) is 2.61. The summed E-state index contributed by atoms with van der Waals surface area (Å²) in [4.78, 5) is 21.4. The second-order valence-corrected chi connectivity index (χ2v) is 5.87. The van der Waals surface area contributed by atoms with E-state index in [1.54, 1.807) is 19.1 Å². The van der Waals surface area contributed by atoms with Crippen LogP contribution in [-0.2, 0) is 4.74 Å². The van der Waals surface area contributed by atoms with Gasteiger partial charge in [0.05, 0.1) is 23.8 Å². The van der Waals surface area contributed by atoms with E-state index >= 15 is 0 Å². The summed E-state index contributed by atoms with van der Waals surface area (Å²) in [6.07, 6.45) is 0. The molecule has 0 radical (unpaired) electrons. The van der Waals surface area contributed by atoms with Crippen molar-refractivity contribution in [3.8, 4) is 0 Å². The van der Waals surface area contributed by atoms with E-state index in [1.807, 2.05) is 13.0 Å². The molecule has 0 unspecified atom stereocenters. The lowest BCUT2D eigenvalue weighted by atomic mass is 10.1. The van der Waals surface area contributed by atoms with Gasteiger partial charge in [0.15, 0.2) is 5.82 Å². The van der Waals surface area contributed by atoms with Crippen LogP contribution in [0.5, 0.6) is 0 Å². The van der Waals surface area contributed by atoms with Crippen LogP contribution in [0.4, 0.5) is 17.3 Å². The number of ether oxygens (including phenoxy) is 1. The number of hydrogen-bond acceptors (Lipinski definition) is 8. The largest absolute Gasteiger partial charge is 0.378 e. The molecule has 9 nitrogen and oxygen atoms in total. The van der Waals surface area contributed by atoms with Crippen LogP contribution in [0, 0.1) is 17.0 Å². The van der Waals surface area contributed by atoms with Gasteiger partial charge in [-0.1, -0.05) is 12.1 Å². The van der Waals surface area contributed by atoms with E-state index in [0.29, 0.717) is 36.1 Å². The van der Waals surface area contributed by atoms with Crippen molar-refractivity contribution in [3.05, 3.63) is 51.8 Å². The molecule has 0 spiro atoms. The number of nitrogens with zero attached hydrogens (tertiary/aromatic N) is 5. The molecular weight excluding hydrogens is 336 g/mol. The zero-order valence-corrected chi connectivity index (χ0v) is 14.7. The second-order valence-electron chi connectivity index (χ2n) is 5.87. The highest BCUT2D eigenvalue weighted by Crippen LogP contribution is 2.18. The summed E-state index contributed by atoms with van der Waals surface area (Å²) in [5.74, 6) is 2.04. The van der Waals surface area contributed by atoms with Crippen molar-refractivity contribution in [1.82, 2.24) is 9.97 Å². The summed E-state index contributed by atoms with van der Waals surface area (Å²) < 4.78 is 5.37. The van der Waals surface area contributed by atoms with Gasteiger partial charge in [-0.3, -0.25) is 15.5 Å². The number of hydrogen-bond donors (Lipinski definition) is 1. The van der Waals surface area contributed by atoms with Crippen LogP contribution in [0.3, 0.4) is 0 Å². The van der Waals surface area contributed by atoms with Gasteiger partial charge in [0, 0.05) is 36.9 Å². The summed E-state index contributed by atoms with van der Waals surface area (Å²) in [6.45, 7) is 6.53. The van der Waals surface area contributed by atoms with Gasteiger partial charge in [-0.05, 0) is 13.8 Å². The molecule has 0 saturated carbocycles. The third kappa shape index (κ3) is 4.31. The van der Waals surface area contributed by atoms with Crippen molar-refractivity contribution in [3.63, 3.8) is 0 Å². The molecule has 26 heavy (non-hydrogen) atoms. The molecule has 1 fully saturated rings. The van der Waals surface area contributed by atoms with Crippen molar-refractivity contribution in [1.29, 1.82) is 0 Å². The van der Waals surface area contributed by atoms with Crippen LogP contribution in [0.1, 0.15) is 18.3 Å². The minimum absolute atomic E-state index is 0.0320. The van der Waals surface area contributed by atoms with Crippen LogP contribution in [0.2, 0.25) is 0 Å². The first-order chi connectivity index (χ1) is 12.5. The zero-order valence-electron chi connectivity index (χ0n) is 14.7. The third-order valence-corrected chi connectivity index (χ3v) is 3.97. The number of rotatable bonds is 5. The minimum atomic E-state index is -0.424. The van der Waals surface area contributed by atoms with Crippen molar-refractivity contribution < 1.29 is 9.66 Å². The SMILES string of the molecule is CC(=NNc1cc(N2CCOCC2)nc(C)n1)c1cccc([N+](=O)[O-])c1. The number of aromatic nitrogens is 2. The minimum Gasteiger partial charge on any atom is -0.378 e. The molecule has 0 atom stereocenters. The summed E-state index contributed by atoms with van der Waals surface area (Å²) in [7, 11) is 0. The predicted octanol–water partition coefficient (Wildman–Crippen LogP) is 2.37. The standard InChI is InChI=1S/C17H20N6O3/c1-12(14-4-3-5-15(10-14)23(24)25)20-21-16-11-17(19-13(2)18-16)22-6-8-26-9-7-22/h3-5,10-11H,6-9H2,1-2H3,(H,18,19,21). The van der Waals surface area contributed by atoms with Gasteiger partial charge < -0.3 is 9.64 Å². The number of morpholine rings is 1. The molecule has 0 aliphatic carbocycles. The highest BCUT2D eigenvalue weighted by atomic mass is 16.6. The number of aryl methyl sites for hydroxylation is 1. The summed E-state index contributed by atoms with van der Waals surface area (Å²) >= 11 is 0. The van der Waals surface area contributed by atoms with Crippen LogP contribution >= 0.6 is 0 Å². The number of anilines is 2. The van der Waals surface area contributed by atoms with Crippen LogP contribution in [-0.4, -0.2) is 46.9 Å². The van der Waals surface area contributed by atoms with E-state index in [-0.39, 0.29) is 5.69 Å². The van der Waals surface area contributed by atoms with E-state index < -0.39 is 4.92 Å². The number of nitro benzene ring substituents is 1. The van der Waals surface area contributed by atoms with Gasteiger partial charge in [0.1, 0.15) is 11.6 Å². The molecule has 3 rings (SSSR count). The summed E-state index contributed by atoms with van der Waals surface area (Å²) in [5.41, 5.74) is 4.25. The Morgan fingerprint density at radius 3 is 2.81 bits per heavy atom. The normalized spacial score (nSPS) is 15.0. The lowest BCUT2D eigenvalue weighted by Crippen LogP contribution is -2.36. The smallest absolute Gasteiger partial charge is 0.270 e. The van der Waals surface area contributed by atoms with Gasteiger partial charge in [0.2, 0.25) is 0 Å². The summed E-state index contributed by atoms with van der Waals surface area (Å²) in [6, 6.07) is 8.19. The monoisotopic (exact) mass is 356 g/mol. The molecule has 0 bridgehead atoms. The quantitative estimate of drug-likeness (QED) is 0.498. The molecule has 2 aromatic rings. The predicted molar refractivity (Wildman–Crippen MR) is 98.7 cm³/mol. The lowest BCUT2D eigenvalue weighted by Gasteiger charge is -2.28. The van der Waals surface area contributed by atoms with Gasteiger partial charge in [-0.2, -0.15) is 5.10 Å². The van der Waals surface area contributed by atoms with Crippen molar-refractivity contribution in [2.24, 2.45) is 5.10 Å². The van der Waals surface area contributed by atoms with E-state index in [4.69, 9.17) is 4.74 Å². The molecule has 1 aromatic carbocycles. The first-order valence-electron chi connectivity index (χ1n) is 8.26. The van der Waals surface area contributed by atoms with Gasteiger partial charge in [0.25, 0.3) is 5.69 Å². The maximum atomic E-state index is 10.9. The third-order valence-electron chi connectivity index (χ3n) is 3.97. The fraction of sp³-hybridized carbons (Fsp3) is 0.353. The topological polar surface area (TPSA) is 106 Å². The maximum Gasteiger partial charge on any atom is 0.270 e. The van der Waals surface area contributed by atoms with E-state index in [9.17, 15) is 10.1 Å². The molecule has 9 heteroatoms. The molecule has 2 heterocycles. The highest BCUT2D eigenvalue weighted by Gasteiger charge is 2.14. The summed E-state index contributed by atoms with van der Waals surface area (Å²) in [5, 5.41) is 15.2. The number of non-ortho nitro benzene ring substituents is 1. The Hall–Kier alpha value is -3.07. The van der Waals surface area contributed by atoms with Crippen LogP contribution < -0.4 is 10.3 Å². The Morgan fingerprint density at radius 1 is 1.31 bits per heavy atom. The maximum absolute atomic E-state index is 10.9. The number of nitrogens with one attached hydrogen (secondary N) is 1. The average Bonchev–Trinajstić information content (AvgIpc) is 2.66. The zero-order chi connectivity index (χ0) is 18.5. The van der Waals surface area contributed by atoms with Crippen molar-refractivity contribution in [2.75, 3.05) is 36.6 Å². The molecule has 1 aliphatic rings. The lowest BCUT2D eigenvalue weighted by molar-refractivity contribution is -0.384. The Balaban J connectivity index is 1.77. The highest BCUT2D eigenvalue weighted by molar-refractivity contribution is 5.99. The molecule has 1 saturated heterocycles. The molecule has 0 amide bonds. The molecule has 136 valence electrons. The van der Waals surface area contributed by atoms with Gasteiger partial charge in [-0.15, -0.1) is 0 Å². The van der Waals surface area contributed by atoms with E-state index in [2.05, 4.69) is 25.4 Å². The van der Waals surface area contributed by atoms with Gasteiger partial charge >= 0.3 is 0 Å². The first-order valence-corrected chi connectivity index (χ1v) is 8.26. The Labute approximate surface area is 150 Å². The van der Waals surface area contributed by atoms with E-state index in [0.717, 1.165) is 18.9 Å². The van der Waals surface area contributed by atoms with Crippen molar-refractivity contribution in [2.45, 2.75) is 13.8 Å². The fourth-order valence-electron chi connectivity index (χ4n) is 2.61. The molecular formula is C17H20N6O3.